The van der Waals surface area contributed by atoms with Gasteiger partial charge in [0.15, 0.2) is 0 Å². The summed E-state index contributed by atoms with van der Waals surface area (Å²) in [6.07, 6.45) is 4.03. The molecule has 0 spiro atoms. The number of aliphatic carboxylic acids is 1. The predicted octanol–water partition coefficient (Wildman–Crippen LogP) is 1.17. The van der Waals surface area contributed by atoms with Crippen LogP contribution in [0.1, 0.15) is 46.0 Å². The fraction of sp³-hybridized carbons (Fsp3) is 0.857. The van der Waals surface area contributed by atoms with Crippen molar-refractivity contribution in [3.05, 3.63) is 0 Å². The number of rotatable bonds is 5. The minimum Gasteiger partial charge on any atom is -0.480 e. The predicted molar refractivity (Wildman–Crippen MR) is 75.6 cm³/mol. The van der Waals surface area contributed by atoms with Crippen LogP contribution in [0.25, 0.3) is 0 Å². The highest BCUT2D eigenvalue weighted by Crippen LogP contribution is 2.28. The maximum atomic E-state index is 12.1. The van der Waals surface area contributed by atoms with Crippen LogP contribution in [-0.4, -0.2) is 52.7 Å². The van der Waals surface area contributed by atoms with Crippen LogP contribution in [0, 0.1) is 0 Å². The van der Waals surface area contributed by atoms with Crippen molar-refractivity contribution in [2.75, 3.05) is 13.1 Å². The van der Waals surface area contributed by atoms with E-state index < -0.39 is 11.5 Å². The van der Waals surface area contributed by atoms with E-state index in [9.17, 15) is 14.7 Å². The minimum absolute atomic E-state index is 0.151. The van der Waals surface area contributed by atoms with E-state index in [0.717, 1.165) is 25.9 Å². The molecule has 0 aromatic carbocycles. The lowest BCUT2D eigenvalue weighted by Crippen LogP contribution is -2.58. The van der Waals surface area contributed by atoms with Crippen LogP contribution in [0.3, 0.4) is 0 Å². The van der Waals surface area contributed by atoms with Crippen LogP contribution in [0.15, 0.2) is 0 Å². The summed E-state index contributed by atoms with van der Waals surface area (Å²) in [7, 11) is 0. The number of carbonyl (C=O) groups is 2. The van der Waals surface area contributed by atoms with E-state index in [2.05, 4.69) is 15.5 Å². The molecule has 2 amide bonds. The van der Waals surface area contributed by atoms with Gasteiger partial charge in [0.25, 0.3) is 0 Å². The molecule has 2 atom stereocenters. The van der Waals surface area contributed by atoms with Crippen molar-refractivity contribution in [2.45, 2.75) is 63.6 Å². The highest BCUT2D eigenvalue weighted by atomic mass is 16.4. The van der Waals surface area contributed by atoms with Gasteiger partial charge in [-0.2, -0.15) is 0 Å². The zero-order chi connectivity index (χ0) is 14.8. The summed E-state index contributed by atoms with van der Waals surface area (Å²) >= 11 is 0. The third-order valence-electron chi connectivity index (χ3n) is 4.89. The van der Waals surface area contributed by atoms with Gasteiger partial charge in [-0.25, -0.2) is 9.59 Å². The van der Waals surface area contributed by atoms with Gasteiger partial charge >= 0.3 is 12.0 Å². The number of urea groups is 1. The minimum atomic E-state index is -1.15. The summed E-state index contributed by atoms with van der Waals surface area (Å²) in [6, 6.07) is 0.232. The van der Waals surface area contributed by atoms with Crippen molar-refractivity contribution in [2.24, 2.45) is 0 Å². The molecule has 20 heavy (non-hydrogen) atoms. The van der Waals surface area contributed by atoms with Gasteiger partial charge in [-0.3, -0.25) is 4.90 Å². The van der Waals surface area contributed by atoms with Crippen LogP contribution in [0.4, 0.5) is 4.79 Å². The molecule has 0 radical (unpaired) electrons. The lowest BCUT2D eigenvalue weighted by atomic mass is 9.93. The Balaban J connectivity index is 1.93. The maximum Gasteiger partial charge on any atom is 0.329 e. The van der Waals surface area contributed by atoms with Crippen molar-refractivity contribution in [1.82, 2.24) is 15.5 Å². The molecule has 0 aliphatic carbocycles. The number of carboxylic acids is 1. The molecular formula is C14H25N3O3. The molecule has 2 unspecified atom stereocenters. The molecule has 0 aromatic heterocycles. The van der Waals surface area contributed by atoms with Gasteiger partial charge < -0.3 is 15.7 Å². The number of nitrogens with zero attached hydrogens (tertiary/aromatic N) is 1. The molecule has 2 aliphatic rings. The van der Waals surface area contributed by atoms with Crippen LogP contribution in [0.2, 0.25) is 0 Å². The largest absolute Gasteiger partial charge is 0.480 e. The normalized spacial score (nSPS) is 26.3. The monoisotopic (exact) mass is 283 g/mol. The van der Waals surface area contributed by atoms with Crippen LogP contribution < -0.4 is 10.6 Å². The van der Waals surface area contributed by atoms with Crippen molar-refractivity contribution in [3.8, 4) is 0 Å². The number of carboxylic acid groups (broad SMARTS) is 1. The van der Waals surface area contributed by atoms with Gasteiger partial charge in [0.1, 0.15) is 5.54 Å². The van der Waals surface area contributed by atoms with Gasteiger partial charge in [0.05, 0.1) is 0 Å². The SMILES string of the molecule is CCC(CC)(NC(=O)NC1CCN2CCCC12)C(=O)O. The number of nitrogens with one attached hydrogen (secondary N) is 2. The fourth-order valence-electron chi connectivity index (χ4n) is 3.46. The first-order chi connectivity index (χ1) is 9.52. The molecule has 114 valence electrons. The third-order valence-corrected chi connectivity index (χ3v) is 4.89. The molecule has 3 N–H and O–H groups in total. The van der Waals surface area contributed by atoms with Gasteiger partial charge in [-0.05, 0) is 38.6 Å². The average Bonchev–Trinajstić information content (AvgIpc) is 3.01. The molecule has 2 saturated heterocycles. The first kappa shape index (κ1) is 15.1. The molecule has 0 saturated carbocycles. The summed E-state index contributed by atoms with van der Waals surface area (Å²) in [4.78, 5) is 25.9. The van der Waals surface area contributed by atoms with Crippen LogP contribution in [-0.2, 0) is 4.79 Å². The smallest absolute Gasteiger partial charge is 0.329 e. The molecule has 6 nitrogen and oxygen atoms in total. The van der Waals surface area contributed by atoms with Gasteiger partial charge in [-0.1, -0.05) is 13.8 Å². The number of hydrogen-bond acceptors (Lipinski definition) is 3. The summed E-state index contributed by atoms with van der Waals surface area (Å²) in [5, 5.41) is 15.0. The highest BCUT2D eigenvalue weighted by molar-refractivity contribution is 5.86. The van der Waals surface area contributed by atoms with Crippen molar-refractivity contribution >= 4 is 12.0 Å². The van der Waals surface area contributed by atoms with Crippen molar-refractivity contribution in [3.63, 3.8) is 0 Å². The molecule has 0 aromatic rings. The molecule has 2 aliphatic heterocycles. The van der Waals surface area contributed by atoms with Crippen LogP contribution >= 0.6 is 0 Å². The number of amides is 2. The molecule has 2 rings (SSSR count). The van der Waals surface area contributed by atoms with Crippen LogP contribution in [0.5, 0.6) is 0 Å². The van der Waals surface area contributed by atoms with E-state index >= 15 is 0 Å². The maximum absolute atomic E-state index is 12.1. The van der Waals surface area contributed by atoms with E-state index in [1.165, 1.54) is 6.42 Å². The second kappa shape index (κ2) is 5.99. The average molecular weight is 283 g/mol. The Kier molecular flexibility index (Phi) is 4.52. The van der Waals surface area contributed by atoms with E-state index in [4.69, 9.17) is 0 Å². The lowest BCUT2D eigenvalue weighted by Gasteiger charge is -2.29. The van der Waals surface area contributed by atoms with Gasteiger partial charge in [0.2, 0.25) is 0 Å². The molecular weight excluding hydrogens is 258 g/mol. The lowest BCUT2D eigenvalue weighted by molar-refractivity contribution is -0.144. The first-order valence-electron chi connectivity index (χ1n) is 7.58. The van der Waals surface area contributed by atoms with E-state index in [1.54, 1.807) is 13.8 Å². The second-order valence-corrected chi connectivity index (χ2v) is 5.83. The molecule has 0 bridgehead atoms. The summed E-state index contributed by atoms with van der Waals surface area (Å²) in [6.45, 7) is 5.72. The Labute approximate surface area is 119 Å². The molecule has 2 heterocycles. The summed E-state index contributed by atoms with van der Waals surface area (Å²) in [5.74, 6) is -0.966. The standard InChI is InChI=1S/C14H25N3O3/c1-3-14(4-2,12(18)19)16-13(20)15-10-7-9-17-8-5-6-11(10)17/h10-11H,3-9H2,1-2H3,(H,18,19)(H2,15,16,20). The Morgan fingerprint density at radius 3 is 2.55 bits per heavy atom. The Bertz CT molecular complexity index is 382. The Morgan fingerprint density at radius 1 is 1.25 bits per heavy atom. The first-order valence-corrected chi connectivity index (χ1v) is 7.58. The topological polar surface area (TPSA) is 81.7 Å². The number of carbonyl (C=O) groups excluding carboxylic acids is 1. The van der Waals surface area contributed by atoms with Gasteiger partial charge in [0, 0.05) is 18.6 Å². The zero-order valence-corrected chi connectivity index (χ0v) is 12.3. The number of hydrogen-bond donors (Lipinski definition) is 3. The third kappa shape index (κ3) is 2.75. The summed E-state index contributed by atoms with van der Waals surface area (Å²) in [5.41, 5.74) is -1.15. The highest BCUT2D eigenvalue weighted by Gasteiger charge is 2.40. The van der Waals surface area contributed by atoms with Gasteiger partial charge in [-0.15, -0.1) is 0 Å². The fourth-order valence-corrected chi connectivity index (χ4v) is 3.46. The summed E-state index contributed by atoms with van der Waals surface area (Å²) < 4.78 is 0. The van der Waals surface area contributed by atoms with E-state index in [0.29, 0.717) is 18.9 Å². The number of fused-ring (bicyclic) bond motifs is 1. The van der Waals surface area contributed by atoms with Crippen molar-refractivity contribution < 1.29 is 14.7 Å². The van der Waals surface area contributed by atoms with E-state index in [1.807, 2.05) is 0 Å². The Hall–Kier alpha value is -1.30. The molecule has 2 fully saturated rings. The van der Waals surface area contributed by atoms with E-state index in [-0.39, 0.29) is 12.1 Å². The Morgan fingerprint density at radius 2 is 1.95 bits per heavy atom. The van der Waals surface area contributed by atoms with Crippen molar-refractivity contribution in [1.29, 1.82) is 0 Å². The second-order valence-electron chi connectivity index (χ2n) is 5.83. The zero-order valence-electron chi connectivity index (χ0n) is 12.3. The molecule has 6 heteroatoms. The quantitative estimate of drug-likeness (QED) is 0.707.